The van der Waals surface area contributed by atoms with Crippen LogP contribution in [0.25, 0.3) is 0 Å². The summed E-state index contributed by atoms with van der Waals surface area (Å²) in [6, 6.07) is 0.0310. The summed E-state index contributed by atoms with van der Waals surface area (Å²) in [5.41, 5.74) is 0. The lowest BCUT2D eigenvalue weighted by molar-refractivity contribution is 0.0940. The van der Waals surface area contributed by atoms with Crippen molar-refractivity contribution >= 4 is 6.03 Å². The van der Waals surface area contributed by atoms with Gasteiger partial charge in [0.1, 0.15) is 0 Å². The molecule has 2 aliphatic rings. The minimum Gasteiger partial charge on any atom is -0.391 e. The molecule has 4 nitrogen and oxygen atoms in total. The Labute approximate surface area is 96.1 Å². The Kier molecular flexibility index (Phi) is 3.83. The number of aliphatic hydroxyl groups excluding tert-OH is 1. The molecule has 4 heteroatoms. The number of aliphatic hydroxyl groups is 1. The highest BCUT2D eigenvalue weighted by atomic mass is 16.3. The van der Waals surface area contributed by atoms with Gasteiger partial charge in [0.2, 0.25) is 0 Å². The van der Waals surface area contributed by atoms with Gasteiger partial charge in [-0.15, -0.1) is 0 Å². The number of urea groups is 1. The molecule has 0 aromatic rings. The van der Waals surface area contributed by atoms with Crippen molar-refractivity contribution in [3.05, 3.63) is 12.2 Å². The maximum Gasteiger partial charge on any atom is 0.315 e. The van der Waals surface area contributed by atoms with Crippen LogP contribution in [0.3, 0.4) is 0 Å². The van der Waals surface area contributed by atoms with E-state index >= 15 is 0 Å². The van der Waals surface area contributed by atoms with Gasteiger partial charge in [-0.1, -0.05) is 25.0 Å². The standard InChI is InChI=1S/C12H20N2O2/c15-11-8-4-3-7-10(11)14-12(16)13-9-5-1-2-6-9/h1-2,9-11,15H,3-8H2,(H2,13,14,16). The number of carbonyl (C=O) groups is 1. The van der Waals surface area contributed by atoms with E-state index in [1.807, 2.05) is 0 Å². The molecule has 0 aromatic heterocycles. The number of hydrogen-bond donors (Lipinski definition) is 3. The van der Waals surface area contributed by atoms with Crippen LogP contribution in [0.15, 0.2) is 12.2 Å². The highest BCUT2D eigenvalue weighted by Crippen LogP contribution is 2.18. The SMILES string of the molecule is O=C(NC1CC=CC1)NC1CCCCC1O. The number of rotatable bonds is 2. The molecule has 2 rings (SSSR count). The summed E-state index contributed by atoms with van der Waals surface area (Å²) in [6.45, 7) is 0. The van der Waals surface area contributed by atoms with Crippen molar-refractivity contribution in [3.8, 4) is 0 Å². The molecule has 0 radical (unpaired) electrons. The smallest absolute Gasteiger partial charge is 0.315 e. The maximum atomic E-state index is 11.7. The van der Waals surface area contributed by atoms with Crippen LogP contribution in [0.4, 0.5) is 4.79 Å². The van der Waals surface area contributed by atoms with E-state index in [2.05, 4.69) is 22.8 Å². The molecule has 0 aromatic carbocycles. The zero-order valence-electron chi connectivity index (χ0n) is 9.48. The Morgan fingerprint density at radius 1 is 1.12 bits per heavy atom. The largest absolute Gasteiger partial charge is 0.391 e. The summed E-state index contributed by atoms with van der Waals surface area (Å²) in [7, 11) is 0. The third kappa shape index (κ3) is 2.98. The lowest BCUT2D eigenvalue weighted by Crippen LogP contribution is -2.50. The van der Waals surface area contributed by atoms with Crippen LogP contribution in [0, 0.1) is 0 Å². The van der Waals surface area contributed by atoms with E-state index in [4.69, 9.17) is 0 Å². The zero-order chi connectivity index (χ0) is 11.4. The molecule has 2 atom stereocenters. The number of amides is 2. The van der Waals surface area contributed by atoms with Crippen molar-refractivity contribution in [1.82, 2.24) is 10.6 Å². The average molecular weight is 224 g/mol. The fourth-order valence-electron chi connectivity index (χ4n) is 2.41. The molecule has 3 N–H and O–H groups in total. The van der Waals surface area contributed by atoms with Gasteiger partial charge in [0.15, 0.2) is 0 Å². The van der Waals surface area contributed by atoms with Gasteiger partial charge in [0.05, 0.1) is 12.1 Å². The van der Waals surface area contributed by atoms with E-state index in [0.717, 1.165) is 38.5 Å². The molecule has 2 unspecified atom stereocenters. The Morgan fingerprint density at radius 3 is 2.50 bits per heavy atom. The highest BCUT2D eigenvalue weighted by molar-refractivity contribution is 5.74. The predicted molar refractivity (Wildman–Crippen MR) is 62.1 cm³/mol. The summed E-state index contributed by atoms with van der Waals surface area (Å²) >= 11 is 0. The molecule has 0 heterocycles. The molecule has 1 fully saturated rings. The van der Waals surface area contributed by atoms with E-state index in [-0.39, 0.29) is 24.2 Å². The molecule has 0 aliphatic heterocycles. The second kappa shape index (κ2) is 5.34. The van der Waals surface area contributed by atoms with Gasteiger partial charge in [-0.25, -0.2) is 4.79 Å². The summed E-state index contributed by atoms with van der Waals surface area (Å²) in [5.74, 6) is 0. The fourth-order valence-corrected chi connectivity index (χ4v) is 2.41. The van der Waals surface area contributed by atoms with Crippen LogP contribution >= 0.6 is 0 Å². The summed E-state index contributed by atoms with van der Waals surface area (Å²) in [6.07, 6.45) is 9.47. The first kappa shape index (κ1) is 11.5. The van der Waals surface area contributed by atoms with Crippen LogP contribution in [0.2, 0.25) is 0 Å². The van der Waals surface area contributed by atoms with Crippen molar-refractivity contribution in [2.75, 3.05) is 0 Å². The number of carbonyl (C=O) groups excluding carboxylic acids is 1. The normalized spacial score (nSPS) is 30.3. The molecule has 0 saturated heterocycles. The van der Waals surface area contributed by atoms with Crippen molar-refractivity contribution in [3.63, 3.8) is 0 Å². The average Bonchev–Trinajstić information content (AvgIpc) is 2.74. The molecular weight excluding hydrogens is 204 g/mol. The monoisotopic (exact) mass is 224 g/mol. The van der Waals surface area contributed by atoms with Crippen molar-refractivity contribution in [2.24, 2.45) is 0 Å². The van der Waals surface area contributed by atoms with Crippen LogP contribution in [-0.2, 0) is 0 Å². The van der Waals surface area contributed by atoms with Crippen molar-refractivity contribution in [2.45, 2.75) is 56.7 Å². The van der Waals surface area contributed by atoms with Gasteiger partial charge in [0.25, 0.3) is 0 Å². The lowest BCUT2D eigenvalue weighted by Gasteiger charge is -2.28. The first-order valence-electron chi connectivity index (χ1n) is 6.16. The van der Waals surface area contributed by atoms with Gasteiger partial charge in [-0.2, -0.15) is 0 Å². The lowest BCUT2D eigenvalue weighted by atomic mass is 9.93. The fraction of sp³-hybridized carbons (Fsp3) is 0.750. The van der Waals surface area contributed by atoms with Gasteiger partial charge in [0, 0.05) is 6.04 Å². The molecule has 16 heavy (non-hydrogen) atoms. The Morgan fingerprint density at radius 2 is 1.81 bits per heavy atom. The predicted octanol–water partition coefficient (Wildman–Crippen LogP) is 1.31. The molecule has 0 spiro atoms. The molecular formula is C12H20N2O2. The third-order valence-corrected chi connectivity index (χ3v) is 3.39. The number of hydrogen-bond acceptors (Lipinski definition) is 2. The van der Waals surface area contributed by atoms with E-state index < -0.39 is 0 Å². The minimum atomic E-state index is -0.374. The first-order chi connectivity index (χ1) is 7.75. The summed E-state index contributed by atoms with van der Waals surface area (Å²) in [4.78, 5) is 11.7. The first-order valence-corrected chi connectivity index (χ1v) is 6.16. The summed E-state index contributed by atoms with van der Waals surface area (Å²) < 4.78 is 0. The zero-order valence-corrected chi connectivity index (χ0v) is 9.48. The second-order valence-electron chi connectivity index (χ2n) is 4.72. The van der Waals surface area contributed by atoms with Crippen LogP contribution < -0.4 is 10.6 Å². The van der Waals surface area contributed by atoms with E-state index in [1.54, 1.807) is 0 Å². The highest BCUT2D eigenvalue weighted by Gasteiger charge is 2.25. The van der Waals surface area contributed by atoms with E-state index in [1.165, 1.54) is 0 Å². The molecule has 2 aliphatic carbocycles. The van der Waals surface area contributed by atoms with Gasteiger partial charge in [-0.3, -0.25) is 0 Å². The van der Waals surface area contributed by atoms with Crippen LogP contribution in [0.5, 0.6) is 0 Å². The van der Waals surface area contributed by atoms with Crippen LogP contribution in [-0.4, -0.2) is 29.3 Å². The topological polar surface area (TPSA) is 61.4 Å². The molecule has 2 amide bonds. The number of nitrogens with one attached hydrogen (secondary N) is 2. The van der Waals surface area contributed by atoms with Crippen LogP contribution in [0.1, 0.15) is 38.5 Å². The summed E-state index contributed by atoms with van der Waals surface area (Å²) in [5, 5.41) is 15.5. The Hall–Kier alpha value is -1.03. The Bertz CT molecular complexity index is 270. The van der Waals surface area contributed by atoms with Gasteiger partial charge >= 0.3 is 6.03 Å². The quantitative estimate of drug-likeness (QED) is 0.619. The van der Waals surface area contributed by atoms with E-state index in [9.17, 15) is 9.90 Å². The van der Waals surface area contributed by atoms with Gasteiger partial charge < -0.3 is 15.7 Å². The third-order valence-electron chi connectivity index (χ3n) is 3.39. The molecule has 90 valence electrons. The molecule has 1 saturated carbocycles. The Balaban J connectivity index is 1.73. The minimum absolute atomic E-state index is 0.0666. The maximum absolute atomic E-state index is 11.7. The van der Waals surface area contributed by atoms with E-state index in [0.29, 0.717) is 0 Å². The molecule has 0 bridgehead atoms. The van der Waals surface area contributed by atoms with Crippen molar-refractivity contribution < 1.29 is 9.90 Å². The van der Waals surface area contributed by atoms with Crippen molar-refractivity contribution in [1.29, 1.82) is 0 Å². The van der Waals surface area contributed by atoms with Gasteiger partial charge in [-0.05, 0) is 25.7 Å². The second-order valence-corrected chi connectivity index (χ2v) is 4.72.